The number of piperidine rings is 1. The van der Waals surface area contributed by atoms with Crippen LogP contribution in [0.4, 0.5) is 5.95 Å². The molecule has 7 nitrogen and oxygen atoms in total. The van der Waals surface area contributed by atoms with Crippen molar-refractivity contribution in [2.45, 2.75) is 31.2 Å². The standard InChI is InChI=1S/C18H28N6O/c1-22-10-11-24(14-18(22)4-6-19-7-5-18)16(25)15-12-20-17(21-13-15)23-8-2-3-9-23/h12-13,19H,2-11,14H2,1H3. The first-order valence-electron chi connectivity index (χ1n) is 9.46. The Balaban J connectivity index is 1.46. The number of hydrogen-bond donors (Lipinski definition) is 1. The highest BCUT2D eigenvalue weighted by atomic mass is 16.2. The summed E-state index contributed by atoms with van der Waals surface area (Å²) in [6.07, 6.45) is 7.99. The second-order valence-corrected chi connectivity index (χ2v) is 7.59. The summed E-state index contributed by atoms with van der Waals surface area (Å²) in [5, 5.41) is 3.43. The molecule has 0 unspecified atom stereocenters. The van der Waals surface area contributed by atoms with Crippen LogP contribution in [0.5, 0.6) is 0 Å². The van der Waals surface area contributed by atoms with Gasteiger partial charge < -0.3 is 15.1 Å². The van der Waals surface area contributed by atoms with E-state index in [2.05, 4.69) is 32.1 Å². The van der Waals surface area contributed by atoms with Gasteiger partial charge in [-0.2, -0.15) is 0 Å². The Morgan fingerprint density at radius 2 is 1.76 bits per heavy atom. The summed E-state index contributed by atoms with van der Waals surface area (Å²) in [6, 6.07) is 0. The molecule has 3 aliphatic heterocycles. The number of nitrogens with zero attached hydrogens (tertiary/aromatic N) is 5. The van der Waals surface area contributed by atoms with Crippen LogP contribution in [0.3, 0.4) is 0 Å². The van der Waals surface area contributed by atoms with Crippen LogP contribution in [-0.4, -0.2) is 84.1 Å². The molecule has 0 radical (unpaired) electrons. The number of likely N-dealkylation sites (N-methyl/N-ethyl adjacent to an activating group) is 1. The maximum Gasteiger partial charge on any atom is 0.257 e. The second kappa shape index (κ2) is 6.88. The zero-order valence-corrected chi connectivity index (χ0v) is 15.1. The lowest BCUT2D eigenvalue weighted by Gasteiger charge is -2.51. The van der Waals surface area contributed by atoms with Gasteiger partial charge in [-0.25, -0.2) is 9.97 Å². The average Bonchev–Trinajstić information content (AvgIpc) is 3.19. The molecule has 0 saturated carbocycles. The first-order valence-corrected chi connectivity index (χ1v) is 9.46. The molecule has 4 rings (SSSR count). The van der Waals surface area contributed by atoms with Crippen LogP contribution >= 0.6 is 0 Å². The van der Waals surface area contributed by atoms with Crippen LogP contribution in [-0.2, 0) is 0 Å². The van der Waals surface area contributed by atoms with Crippen LogP contribution in [0.25, 0.3) is 0 Å². The monoisotopic (exact) mass is 344 g/mol. The van der Waals surface area contributed by atoms with Gasteiger partial charge in [-0.3, -0.25) is 9.69 Å². The van der Waals surface area contributed by atoms with Gasteiger partial charge >= 0.3 is 0 Å². The molecule has 136 valence electrons. The molecule has 0 bridgehead atoms. The summed E-state index contributed by atoms with van der Waals surface area (Å²) < 4.78 is 0. The van der Waals surface area contributed by atoms with Gasteiger partial charge in [0.1, 0.15) is 0 Å². The van der Waals surface area contributed by atoms with E-state index in [-0.39, 0.29) is 11.4 Å². The summed E-state index contributed by atoms with van der Waals surface area (Å²) in [5.41, 5.74) is 0.728. The van der Waals surface area contributed by atoms with Gasteiger partial charge in [0.05, 0.1) is 5.56 Å². The van der Waals surface area contributed by atoms with Crippen molar-refractivity contribution >= 4 is 11.9 Å². The number of carbonyl (C=O) groups is 1. The minimum absolute atomic E-state index is 0.0685. The lowest BCUT2D eigenvalue weighted by atomic mass is 9.84. The van der Waals surface area contributed by atoms with Crippen molar-refractivity contribution < 1.29 is 4.79 Å². The fourth-order valence-corrected chi connectivity index (χ4v) is 4.36. The molecule has 0 aliphatic carbocycles. The molecule has 0 aromatic carbocycles. The van der Waals surface area contributed by atoms with Crippen molar-refractivity contribution in [1.82, 2.24) is 25.1 Å². The topological polar surface area (TPSA) is 64.6 Å². The quantitative estimate of drug-likeness (QED) is 0.847. The Morgan fingerprint density at radius 3 is 2.44 bits per heavy atom. The zero-order valence-electron chi connectivity index (χ0n) is 15.1. The van der Waals surface area contributed by atoms with Crippen LogP contribution in [0, 0.1) is 0 Å². The lowest BCUT2D eigenvalue weighted by molar-refractivity contribution is -0.00101. The molecular weight excluding hydrogens is 316 g/mol. The Morgan fingerprint density at radius 1 is 1.08 bits per heavy atom. The Bertz CT molecular complexity index is 606. The fourth-order valence-electron chi connectivity index (χ4n) is 4.36. The molecule has 1 N–H and O–H groups in total. The number of piperazine rings is 1. The normalized spacial score (nSPS) is 24.0. The zero-order chi connectivity index (χ0) is 17.3. The molecule has 7 heteroatoms. The molecule has 1 spiro atoms. The van der Waals surface area contributed by atoms with Crippen LogP contribution in [0.1, 0.15) is 36.0 Å². The average molecular weight is 344 g/mol. The van der Waals surface area contributed by atoms with E-state index in [1.54, 1.807) is 12.4 Å². The molecule has 4 heterocycles. The molecule has 3 fully saturated rings. The van der Waals surface area contributed by atoms with Gasteiger partial charge in [0, 0.05) is 50.7 Å². The van der Waals surface area contributed by atoms with Gasteiger partial charge in [-0.1, -0.05) is 0 Å². The van der Waals surface area contributed by atoms with Crippen molar-refractivity contribution in [3.05, 3.63) is 18.0 Å². The summed E-state index contributed by atoms with van der Waals surface area (Å²) in [7, 11) is 2.20. The molecule has 1 amide bonds. The van der Waals surface area contributed by atoms with Crippen molar-refractivity contribution in [3.8, 4) is 0 Å². The number of anilines is 1. The summed E-state index contributed by atoms with van der Waals surface area (Å²) >= 11 is 0. The minimum Gasteiger partial charge on any atom is -0.341 e. The van der Waals surface area contributed by atoms with Crippen LogP contribution in [0.15, 0.2) is 12.4 Å². The molecular formula is C18H28N6O. The fraction of sp³-hybridized carbons (Fsp3) is 0.722. The van der Waals surface area contributed by atoms with Gasteiger partial charge in [0.15, 0.2) is 0 Å². The predicted molar refractivity (Wildman–Crippen MR) is 96.8 cm³/mol. The first kappa shape index (κ1) is 16.7. The number of aromatic nitrogens is 2. The van der Waals surface area contributed by atoms with Crippen LogP contribution < -0.4 is 10.2 Å². The summed E-state index contributed by atoms with van der Waals surface area (Å²) in [5.74, 6) is 0.821. The van der Waals surface area contributed by atoms with Gasteiger partial charge in [-0.05, 0) is 45.8 Å². The Kier molecular flexibility index (Phi) is 4.60. The van der Waals surface area contributed by atoms with E-state index in [1.807, 2.05) is 4.90 Å². The van der Waals surface area contributed by atoms with Gasteiger partial charge in [0.25, 0.3) is 5.91 Å². The third kappa shape index (κ3) is 3.22. The Labute approximate surface area is 149 Å². The van der Waals surface area contributed by atoms with Crippen molar-refractivity contribution in [2.24, 2.45) is 0 Å². The summed E-state index contributed by atoms with van der Waals surface area (Å²) in [6.45, 7) is 6.60. The van der Waals surface area contributed by atoms with E-state index in [1.165, 1.54) is 12.8 Å². The first-order chi connectivity index (χ1) is 12.2. The summed E-state index contributed by atoms with van der Waals surface area (Å²) in [4.78, 5) is 28.5. The van der Waals surface area contributed by atoms with Gasteiger partial charge in [-0.15, -0.1) is 0 Å². The van der Waals surface area contributed by atoms with Crippen LogP contribution in [0.2, 0.25) is 0 Å². The number of hydrogen-bond acceptors (Lipinski definition) is 6. The molecule has 3 saturated heterocycles. The van der Waals surface area contributed by atoms with Gasteiger partial charge in [0.2, 0.25) is 5.95 Å². The second-order valence-electron chi connectivity index (χ2n) is 7.59. The maximum atomic E-state index is 13.0. The number of nitrogens with one attached hydrogen (secondary N) is 1. The third-order valence-corrected chi connectivity index (χ3v) is 6.10. The highest BCUT2D eigenvalue weighted by Crippen LogP contribution is 2.29. The van der Waals surface area contributed by atoms with E-state index >= 15 is 0 Å². The largest absolute Gasteiger partial charge is 0.341 e. The SMILES string of the molecule is CN1CCN(C(=O)c2cnc(N3CCCC3)nc2)CC12CCNCC2. The minimum atomic E-state index is 0.0685. The number of carbonyl (C=O) groups excluding carboxylic acids is 1. The van der Waals surface area contributed by atoms with E-state index in [4.69, 9.17) is 0 Å². The maximum absolute atomic E-state index is 13.0. The van der Waals surface area contributed by atoms with E-state index in [0.29, 0.717) is 5.56 Å². The highest BCUT2D eigenvalue weighted by molar-refractivity contribution is 5.93. The number of rotatable bonds is 2. The van der Waals surface area contributed by atoms with E-state index in [0.717, 1.165) is 64.6 Å². The van der Waals surface area contributed by atoms with Crippen molar-refractivity contribution in [3.63, 3.8) is 0 Å². The molecule has 25 heavy (non-hydrogen) atoms. The molecule has 1 aromatic rings. The smallest absolute Gasteiger partial charge is 0.257 e. The van der Waals surface area contributed by atoms with Crippen molar-refractivity contribution in [1.29, 1.82) is 0 Å². The molecule has 0 atom stereocenters. The predicted octanol–water partition coefficient (Wildman–Crippen LogP) is 0.587. The lowest BCUT2D eigenvalue weighted by Crippen LogP contribution is -2.64. The van der Waals surface area contributed by atoms with Crippen molar-refractivity contribution in [2.75, 3.05) is 57.8 Å². The Hall–Kier alpha value is -1.73. The molecule has 3 aliphatic rings. The van der Waals surface area contributed by atoms with E-state index in [9.17, 15) is 4.79 Å². The highest BCUT2D eigenvalue weighted by Gasteiger charge is 2.41. The third-order valence-electron chi connectivity index (χ3n) is 6.10. The van der Waals surface area contributed by atoms with E-state index < -0.39 is 0 Å². The molecule has 1 aromatic heterocycles. The number of amides is 1.